The highest BCUT2D eigenvalue weighted by atomic mass is 31.2. The van der Waals surface area contributed by atoms with Crippen LogP contribution in [0.4, 0.5) is 0 Å². The molecular weight excluding hydrogens is 507 g/mol. The van der Waals surface area contributed by atoms with Crippen molar-refractivity contribution in [1.82, 2.24) is 4.98 Å². The standard InChI is InChI=1S/C31H32N4O3P/c1-3-6-26(7-4-2)27-12-18-34(19-13-27)24-30-8-5-9-31(32-30)25-35-20-14-29(15-21-35)28-10-16-33(17-11-28)22-23-39(36,37)38/h3-21H,1,22-25H2,2H3/q+1/p+2/b7-4-,26-6+. The van der Waals surface area contributed by atoms with Crippen molar-refractivity contribution in [3.05, 3.63) is 140 Å². The minimum Gasteiger partial charge on any atom is -0.324 e. The average Bonchev–Trinajstić information content (AvgIpc) is 2.93. The lowest BCUT2D eigenvalue weighted by Gasteiger charge is -2.04. The van der Waals surface area contributed by atoms with Crippen LogP contribution in [0.25, 0.3) is 16.7 Å². The lowest BCUT2D eigenvalue weighted by Crippen LogP contribution is -2.35. The summed E-state index contributed by atoms with van der Waals surface area (Å²) >= 11 is 0. The summed E-state index contributed by atoms with van der Waals surface area (Å²) in [6.45, 7) is 7.43. The predicted octanol–water partition coefficient (Wildman–Crippen LogP) is 4.03. The lowest BCUT2D eigenvalue weighted by molar-refractivity contribution is -0.692. The zero-order chi connectivity index (χ0) is 27.7. The van der Waals surface area contributed by atoms with Gasteiger partial charge in [-0.15, -0.1) is 0 Å². The minimum absolute atomic E-state index is 0.173. The van der Waals surface area contributed by atoms with Gasteiger partial charge in [-0.2, -0.15) is 9.13 Å². The van der Waals surface area contributed by atoms with Crippen molar-refractivity contribution in [3.8, 4) is 11.1 Å². The van der Waals surface area contributed by atoms with Crippen molar-refractivity contribution in [2.24, 2.45) is 0 Å². The molecule has 0 aliphatic rings. The molecule has 8 heteroatoms. The molecule has 0 radical (unpaired) electrons. The maximum atomic E-state index is 11.1. The third-order valence-corrected chi connectivity index (χ3v) is 6.97. The zero-order valence-corrected chi connectivity index (χ0v) is 22.9. The zero-order valence-electron chi connectivity index (χ0n) is 22.0. The number of nitrogens with zero attached hydrogens (tertiary/aromatic N) is 4. The van der Waals surface area contributed by atoms with Crippen molar-refractivity contribution in [2.75, 3.05) is 6.16 Å². The van der Waals surface area contributed by atoms with Gasteiger partial charge in [0.15, 0.2) is 56.8 Å². The maximum Gasteiger partial charge on any atom is 0.331 e. The molecule has 0 aliphatic carbocycles. The van der Waals surface area contributed by atoms with Gasteiger partial charge in [-0.25, -0.2) is 9.55 Å². The summed E-state index contributed by atoms with van der Waals surface area (Å²) in [6, 6.07) is 18.3. The van der Waals surface area contributed by atoms with E-state index in [0.29, 0.717) is 13.1 Å². The van der Waals surface area contributed by atoms with Crippen LogP contribution in [0.5, 0.6) is 0 Å². The summed E-state index contributed by atoms with van der Waals surface area (Å²) in [5.74, 6) is 0. The van der Waals surface area contributed by atoms with Crippen molar-refractivity contribution < 1.29 is 28.1 Å². The summed E-state index contributed by atoms with van der Waals surface area (Å²) < 4.78 is 17.1. The van der Waals surface area contributed by atoms with E-state index in [9.17, 15) is 4.57 Å². The van der Waals surface area contributed by atoms with Crippen LogP contribution in [0.3, 0.4) is 0 Å². The number of hydrogen-bond donors (Lipinski definition) is 2. The van der Waals surface area contributed by atoms with E-state index in [2.05, 4.69) is 58.4 Å². The fraction of sp³-hybridized carbons (Fsp3) is 0.161. The van der Waals surface area contributed by atoms with Gasteiger partial charge < -0.3 is 9.79 Å². The van der Waals surface area contributed by atoms with Crippen LogP contribution in [0, 0.1) is 0 Å². The van der Waals surface area contributed by atoms with Crippen LogP contribution >= 0.6 is 7.60 Å². The molecule has 0 fully saturated rings. The molecule has 198 valence electrons. The largest absolute Gasteiger partial charge is 0.331 e. The molecule has 0 amide bonds. The van der Waals surface area contributed by atoms with Gasteiger partial charge in [0, 0.05) is 36.4 Å². The van der Waals surface area contributed by atoms with Gasteiger partial charge in [-0.05, 0) is 41.3 Å². The molecule has 7 nitrogen and oxygen atoms in total. The second kappa shape index (κ2) is 13.2. The first-order chi connectivity index (χ1) is 18.8. The van der Waals surface area contributed by atoms with E-state index >= 15 is 0 Å². The van der Waals surface area contributed by atoms with E-state index in [0.717, 1.165) is 33.7 Å². The molecule has 4 rings (SSSR count). The van der Waals surface area contributed by atoms with Crippen LogP contribution in [-0.2, 0) is 24.2 Å². The Hall–Kier alpha value is -4.03. The molecule has 4 heterocycles. The first-order valence-corrected chi connectivity index (χ1v) is 14.6. The number of aryl methyl sites for hydroxylation is 1. The van der Waals surface area contributed by atoms with Crippen molar-refractivity contribution in [3.63, 3.8) is 0 Å². The molecule has 0 bridgehead atoms. The summed E-state index contributed by atoms with van der Waals surface area (Å²) in [5, 5.41) is 0. The Balaban J connectivity index is 1.38. The van der Waals surface area contributed by atoms with Gasteiger partial charge in [0.1, 0.15) is 17.5 Å². The van der Waals surface area contributed by atoms with Crippen LogP contribution in [0.15, 0.2) is 123 Å². The van der Waals surface area contributed by atoms with Gasteiger partial charge in [0.2, 0.25) is 0 Å². The number of aromatic nitrogens is 4. The molecule has 2 N–H and O–H groups in total. The molecule has 0 unspecified atom stereocenters. The molecule has 4 aromatic rings. The van der Waals surface area contributed by atoms with Gasteiger partial charge in [0.05, 0.1) is 0 Å². The molecule has 0 aliphatic heterocycles. The molecule has 0 saturated carbocycles. The normalized spacial score (nSPS) is 12.1. The Morgan fingerprint density at radius 1 is 0.846 bits per heavy atom. The summed E-state index contributed by atoms with van der Waals surface area (Å²) in [5.41, 5.74) is 6.34. The smallest absolute Gasteiger partial charge is 0.324 e. The van der Waals surface area contributed by atoms with E-state index < -0.39 is 7.60 Å². The fourth-order valence-electron chi connectivity index (χ4n) is 4.19. The molecule has 0 aromatic carbocycles. The van der Waals surface area contributed by atoms with Crippen LogP contribution < -0.4 is 13.7 Å². The molecule has 4 aromatic heterocycles. The second-order valence-corrected chi connectivity index (χ2v) is 11.0. The topological polar surface area (TPSA) is 82.1 Å². The second-order valence-electron chi connectivity index (χ2n) is 9.21. The van der Waals surface area contributed by atoms with E-state index in [1.165, 1.54) is 0 Å². The quantitative estimate of drug-likeness (QED) is 0.171. The molecular formula is C31H34N4O3P+3. The van der Waals surface area contributed by atoms with E-state index in [4.69, 9.17) is 14.8 Å². The van der Waals surface area contributed by atoms with Gasteiger partial charge in [0.25, 0.3) is 0 Å². The molecule has 39 heavy (non-hydrogen) atoms. The third-order valence-electron chi connectivity index (χ3n) is 6.19. The Labute approximate surface area is 229 Å². The van der Waals surface area contributed by atoms with E-state index in [-0.39, 0.29) is 12.7 Å². The van der Waals surface area contributed by atoms with Crippen molar-refractivity contribution >= 4 is 13.2 Å². The van der Waals surface area contributed by atoms with Crippen LogP contribution in [0.2, 0.25) is 0 Å². The highest BCUT2D eigenvalue weighted by Gasteiger charge is 2.16. The predicted molar refractivity (Wildman–Crippen MR) is 151 cm³/mol. The number of allylic oxidation sites excluding steroid dienone is 5. The van der Waals surface area contributed by atoms with Gasteiger partial charge in [-0.3, -0.25) is 4.57 Å². The van der Waals surface area contributed by atoms with Crippen molar-refractivity contribution in [2.45, 2.75) is 26.6 Å². The Bertz CT molecular complexity index is 1510. The Kier molecular flexibility index (Phi) is 9.45. The molecule has 0 atom stereocenters. The SMILES string of the molecule is C=C/C=C(\C=C/C)c1cc[n+](Cc2cccc(C[n+]3ccc(-c4cc[n+](CCP(=O)(O)O)cc4)cc3)n2)cc1. The number of hydrogen-bond acceptors (Lipinski definition) is 2. The molecule has 0 saturated heterocycles. The first-order valence-electron chi connectivity index (χ1n) is 12.8. The lowest BCUT2D eigenvalue weighted by atomic mass is 10.1. The fourth-order valence-corrected chi connectivity index (χ4v) is 4.68. The number of pyridine rings is 4. The minimum atomic E-state index is -4.00. The first kappa shape index (κ1) is 28.0. The Morgan fingerprint density at radius 2 is 1.36 bits per heavy atom. The average molecular weight is 542 g/mol. The maximum absolute atomic E-state index is 11.1. The van der Waals surface area contributed by atoms with Gasteiger partial charge in [-0.1, -0.05) is 36.9 Å². The third kappa shape index (κ3) is 8.48. The highest BCUT2D eigenvalue weighted by molar-refractivity contribution is 7.51. The Morgan fingerprint density at radius 3 is 1.85 bits per heavy atom. The van der Waals surface area contributed by atoms with Gasteiger partial charge >= 0.3 is 7.60 Å². The van der Waals surface area contributed by atoms with E-state index in [1.54, 1.807) is 10.6 Å². The van der Waals surface area contributed by atoms with E-state index in [1.807, 2.05) is 74.2 Å². The highest BCUT2D eigenvalue weighted by Crippen LogP contribution is 2.33. The summed E-state index contributed by atoms with van der Waals surface area (Å²) in [7, 11) is -4.00. The van der Waals surface area contributed by atoms with Crippen LogP contribution in [-0.4, -0.2) is 20.9 Å². The van der Waals surface area contributed by atoms with Crippen molar-refractivity contribution in [1.29, 1.82) is 0 Å². The summed E-state index contributed by atoms with van der Waals surface area (Å²) in [4.78, 5) is 23.0. The molecule has 0 spiro atoms. The van der Waals surface area contributed by atoms with Crippen LogP contribution in [0.1, 0.15) is 23.9 Å². The summed E-state index contributed by atoms with van der Waals surface area (Å²) in [6.07, 6.45) is 19.6. The monoisotopic (exact) mass is 541 g/mol. The number of rotatable bonds is 11.